The topological polar surface area (TPSA) is 75.7 Å². The van der Waals surface area contributed by atoms with Crippen LogP contribution >= 0.6 is 0 Å². The zero-order valence-corrected chi connectivity index (χ0v) is 11.7. The molecule has 0 unspecified atom stereocenters. The number of benzene rings is 1. The van der Waals surface area contributed by atoms with Gasteiger partial charge < -0.3 is 10.1 Å². The molecule has 0 bridgehead atoms. The van der Waals surface area contributed by atoms with Crippen LogP contribution in [0.5, 0.6) is 5.75 Å². The van der Waals surface area contributed by atoms with Crippen molar-refractivity contribution in [1.29, 1.82) is 0 Å². The Balaban J connectivity index is 2.01. The lowest BCUT2D eigenvalue weighted by Gasteiger charge is -2.23. The van der Waals surface area contributed by atoms with Crippen molar-refractivity contribution in [3.63, 3.8) is 0 Å². The van der Waals surface area contributed by atoms with Crippen molar-refractivity contribution in [3.8, 4) is 5.75 Å². The molecule has 1 atom stereocenters. The second-order valence-corrected chi connectivity index (χ2v) is 5.17. The first kappa shape index (κ1) is 13.6. The molecule has 1 fully saturated rings. The normalized spacial score (nSPS) is 21.9. The van der Waals surface area contributed by atoms with E-state index in [0.717, 1.165) is 17.7 Å². The maximum atomic E-state index is 12.6. The van der Waals surface area contributed by atoms with E-state index >= 15 is 0 Å². The minimum atomic E-state index is -0.732. The SMILES string of the molecule is COc1cccc2c1C(=O)N([C@H]1CCCCNC1=O)C2=O. The molecule has 3 amide bonds. The predicted octanol–water partition coefficient (Wildman–Crippen LogP) is 0.960. The largest absolute Gasteiger partial charge is 0.496 e. The molecule has 2 aliphatic heterocycles. The van der Waals surface area contributed by atoms with Crippen molar-refractivity contribution < 1.29 is 19.1 Å². The predicted molar refractivity (Wildman–Crippen MR) is 74.1 cm³/mol. The Morgan fingerprint density at radius 3 is 2.76 bits per heavy atom. The van der Waals surface area contributed by atoms with Gasteiger partial charge in [-0.15, -0.1) is 0 Å². The number of ether oxygens (including phenoxy) is 1. The van der Waals surface area contributed by atoms with Gasteiger partial charge in [0.25, 0.3) is 11.8 Å². The van der Waals surface area contributed by atoms with E-state index in [1.165, 1.54) is 7.11 Å². The molecule has 1 N–H and O–H groups in total. The molecule has 1 aromatic carbocycles. The van der Waals surface area contributed by atoms with E-state index < -0.39 is 17.9 Å². The Hall–Kier alpha value is -2.37. The van der Waals surface area contributed by atoms with Crippen molar-refractivity contribution in [2.45, 2.75) is 25.3 Å². The highest BCUT2D eigenvalue weighted by molar-refractivity contribution is 6.24. The molecule has 110 valence electrons. The summed E-state index contributed by atoms with van der Waals surface area (Å²) in [7, 11) is 1.45. The molecule has 6 nitrogen and oxygen atoms in total. The van der Waals surface area contributed by atoms with Crippen LogP contribution in [0.4, 0.5) is 0 Å². The van der Waals surface area contributed by atoms with Crippen LogP contribution in [0.3, 0.4) is 0 Å². The molecule has 1 saturated heterocycles. The maximum Gasteiger partial charge on any atom is 0.266 e. The number of fused-ring (bicyclic) bond motifs is 1. The molecular formula is C15H16N2O4. The number of carbonyl (C=O) groups excluding carboxylic acids is 3. The molecular weight excluding hydrogens is 272 g/mol. The summed E-state index contributed by atoms with van der Waals surface area (Å²) in [6.45, 7) is 0.585. The van der Waals surface area contributed by atoms with Gasteiger partial charge in [-0.3, -0.25) is 19.3 Å². The van der Waals surface area contributed by atoms with Crippen molar-refractivity contribution in [1.82, 2.24) is 10.2 Å². The number of methoxy groups -OCH3 is 1. The molecule has 3 rings (SSSR count). The minimum absolute atomic E-state index is 0.252. The van der Waals surface area contributed by atoms with Crippen LogP contribution in [0, 0.1) is 0 Å². The molecule has 0 spiro atoms. The summed E-state index contributed by atoms with van der Waals surface area (Å²) >= 11 is 0. The molecule has 2 aliphatic rings. The van der Waals surface area contributed by atoms with Gasteiger partial charge in [0.2, 0.25) is 5.91 Å². The van der Waals surface area contributed by atoms with Gasteiger partial charge in [0.05, 0.1) is 18.2 Å². The average molecular weight is 288 g/mol. The lowest BCUT2D eigenvalue weighted by atomic mass is 10.1. The van der Waals surface area contributed by atoms with Gasteiger partial charge in [0.15, 0.2) is 0 Å². The van der Waals surface area contributed by atoms with E-state index in [1.54, 1.807) is 18.2 Å². The second kappa shape index (κ2) is 5.20. The van der Waals surface area contributed by atoms with Crippen LogP contribution in [0.2, 0.25) is 0 Å². The Labute approximate surface area is 122 Å². The Kier molecular flexibility index (Phi) is 3.37. The quantitative estimate of drug-likeness (QED) is 0.822. The van der Waals surface area contributed by atoms with E-state index in [9.17, 15) is 14.4 Å². The van der Waals surface area contributed by atoms with Gasteiger partial charge in [-0.2, -0.15) is 0 Å². The lowest BCUT2D eigenvalue weighted by Crippen LogP contribution is -2.48. The summed E-state index contributed by atoms with van der Waals surface area (Å²) in [5, 5.41) is 2.75. The van der Waals surface area contributed by atoms with Crippen LogP contribution in [0.1, 0.15) is 40.0 Å². The number of imide groups is 1. The van der Waals surface area contributed by atoms with Crippen molar-refractivity contribution in [3.05, 3.63) is 29.3 Å². The van der Waals surface area contributed by atoms with E-state index in [0.29, 0.717) is 24.3 Å². The van der Waals surface area contributed by atoms with Gasteiger partial charge in [0.1, 0.15) is 11.8 Å². The van der Waals surface area contributed by atoms with Gasteiger partial charge in [-0.1, -0.05) is 6.07 Å². The monoisotopic (exact) mass is 288 g/mol. The fourth-order valence-corrected chi connectivity index (χ4v) is 2.90. The van der Waals surface area contributed by atoms with Crippen LogP contribution < -0.4 is 10.1 Å². The number of nitrogens with one attached hydrogen (secondary N) is 1. The Morgan fingerprint density at radius 1 is 1.19 bits per heavy atom. The van der Waals surface area contributed by atoms with Crippen LogP contribution in [0.25, 0.3) is 0 Å². The Morgan fingerprint density at radius 2 is 2.00 bits per heavy atom. The van der Waals surface area contributed by atoms with Crippen LogP contribution in [-0.2, 0) is 4.79 Å². The standard InChI is InChI=1S/C15H16N2O4/c1-21-11-7-4-5-9-12(11)15(20)17(14(9)19)10-6-2-3-8-16-13(10)18/h4-5,7,10H,2-3,6,8H2,1H3,(H,16,18)/t10-/m0/s1. The number of amides is 3. The zero-order chi connectivity index (χ0) is 15.0. The summed E-state index contributed by atoms with van der Waals surface area (Å²) in [4.78, 5) is 38.3. The number of hydrogen-bond donors (Lipinski definition) is 1. The first-order chi connectivity index (χ1) is 10.1. The summed E-state index contributed by atoms with van der Waals surface area (Å²) in [5.74, 6) is -0.770. The molecule has 6 heteroatoms. The van der Waals surface area contributed by atoms with Crippen molar-refractivity contribution in [2.75, 3.05) is 13.7 Å². The van der Waals surface area contributed by atoms with Gasteiger partial charge >= 0.3 is 0 Å². The highest BCUT2D eigenvalue weighted by atomic mass is 16.5. The molecule has 0 aromatic heterocycles. The van der Waals surface area contributed by atoms with Crippen LogP contribution in [-0.4, -0.2) is 42.3 Å². The Bertz CT molecular complexity index is 626. The minimum Gasteiger partial charge on any atom is -0.496 e. The maximum absolute atomic E-state index is 12.6. The zero-order valence-electron chi connectivity index (χ0n) is 11.7. The third-order valence-electron chi connectivity index (χ3n) is 3.95. The molecule has 2 heterocycles. The molecule has 1 aromatic rings. The summed E-state index contributed by atoms with van der Waals surface area (Å²) in [5.41, 5.74) is 0.554. The van der Waals surface area contributed by atoms with E-state index in [-0.39, 0.29) is 11.5 Å². The van der Waals surface area contributed by atoms with Crippen molar-refractivity contribution in [2.24, 2.45) is 0 Å². The van der Waals surface area contributed by atoms with Crippen LogP contribution in [0.15, 0.2) is 18.2 Å². The van der Waals surface area contributed by atoms with E-state index in [4.69, 9.17) is 4.74 Å². The number of hydrogen-bond acceptors (Lipinski definition) is 4. The molecule has 0 saturated carbocycles. The first-order valence-corrected chi connectivity index (χ1v) is 6.97. The highest BCUT2D eigenvalue weighted by Crippen LogP contribution is 2.33. The average Bonchev–Trinajstić information content (AvgIpc) is 2.65. The van der Waals surface area contributed by atoms with Gasteiger partial charge in [-0.25, -0.2) is 0 Å². The highest BCUT2D eigenvalue weighted by Gasteiger charge is 2.44. The van der Waals surface area contributed by atoms with Gasteiger partial charge in [-0.05, 0) is 31.4 Å². The molecule has 0 radical (unpaired) electrons. The summed E-state index contributed by atoms with van der Waals surface area (Å²) < 4.78 is 5.16. The lowest BCUT2D eigenvalue weighted by molar-refractivity contribution is -0.124. The number of carbonyl (C=O) groups is 3. The summed E-state index contributed by atoms with van der Waals surface area (Å²) in [6, 6.07) is 4.16. The van der Waals surface area contributed by atoms with E-state index in [2.05, 4.69) is 5.32 Å². The third kappa shape index (κ3) is 2.07. The fourth-order valence-electron chi connectivity index (χ4n) is 2.90. The van der Waals surface area contributed by atoms with E-state index in [1.807, 2.05) is 0 Å². The van der Waals surface area contributed by atoms with Crippen molar-refractivity contribution >= 4 is 17.7 Å². The molecule has 21 heavy (non-hydrogen) atoms. The first-order valence-electron chi connectivity index (χ1n) is 6.97. The fraction of sp³-hybridized carbons (Fsp3) is 0.400. The summed E-state index contributed by atoms with van der Waals surface area (Å²) in [6.07, 6.45) is 2.16. The molecule has 0 aliphatic carbocycles. The smallest absolute Gasteiger partial charge is 0.266 e. The number of nitrogens with zero attached hydrogens (tertiary/aromatic N) is 1. The second-order valence-electron chi connectivity index (χ2n) is 5.17. The van der Waals surface area contributed by atoms with Gasteiger partial charge in [0, 0.05) is 6.54 Å². The number of rotatable bonds is 2. The third-order valence-corrected chi connectivity index (χ3v) is 3.95.